The molecule has 490 valence electrons. The quantitative estimate of drug-likeness (QED) is 0.142. The molecule has 0 bridgehead atoms. The van der Waals surface area contributed by atoms with Gasteiger partial charge in [-0.3, -0.25) is 0 Å². The maximum atomic E-state index is 2.39. The van der Waals surface area contributed by atoms with E-state index in [1.165, 1.54) is 193 Å². The Balaban J connectivity index is 0.0000000972. The summed E-state index contributed by atoms with van der Waals surface area (Å²) in [5.41, 5.74) is 35.8. The van der Waals surface area contributed by atoms with Gasteiger partial charge in [0.1, 0.15) is 0 Å². The summed E-state index contributed by atoms with van der Waals surface area (Å²) >= 11 is 0. The van der Waals surface area contributed by atoms with Crippen LogP contribution in [0.1, 0.15) is 132 Å². The van der Waals surface area contributed by atoms with Crippen LogP contribution in [-0.4, -0.2) is 0 Å². The highest BCUT2D eigenvalue weighted by Crippen LogP contribution is 2.55. The Hall–Kier alpha value is -10.4. The standard InChI is InChI=1S/5C20H18/c1-20(2,3)17-12-6-10-15-14-9-4-7-13-8-5-11-16(18(13)14)19(15)17;1-20(2,3)14-10-11-15-16-8-4-6-13-7-5-9-17(19(13)16)18(15)12-14;1-20(2,3)14-11-13-7-6-10-17-15-8-4-5-9-16(15)18(12-14)19(13)17;1-20(2,3)17-12-11-13-7-6-10-15-14-8-4-5-9-16(14)19(17)18(13)15;1-20(2,3)18-12-11-16-14-8-5-4-7-13(14)15-9-6-10-17(18)19(15)16/h5*4-12H,1-3H3. The Kier molecular flexibility index (Phi) is 15.2. The van der Waals surface area contributed by atoms with Gasteiger partial charge in [0.05, 0.1) is 0 Å². The van der Waals surface area contributed by atoms with E-state index in [9.17, 15) is 0 Å². The number of fused-ring (bicyclic) bond motifs is 15. The summed E-state index contributed by atoms with van der Waals surface area (Å²) in [6, 6.07) is 100. The van der Waals surface area contributed by atoms with Crippen molar-refractivity contribution in [2.75, 3.05) is 0 Å². The topological polar surface area (TPSA) is 0 Å². The fraction of sp³-hybridized carbons (Fsp3) is 0.200. The first-order valence-corrected chi connectivity index (χ1v) is 36.1. The zero-order valence-electron chi connectivity index (χ0n) is 61.0. The normalized spacial score (nSPS) is 12.8. The molecule has 0 unspecified atom stereocenters. The Morgan fingerprint density at radius 3 is 1.02 bits per heavy atom. The first-order valence-electron chi connectivity index (χ1n) is 36.1. The van der Waals surface area contributed by atoms with E-state index >= 15 is 0 Å². The third kappa shape index (κ3) is 10.7. The van der Waals surface area contributed by atoms with Gasteiger partial charge < -0.3 is 0 Å². The molecule has 5 aliphatic carbocycles. The molecule has 0 heterocycles. The minimum Gasteiger partial charge on any atom is -0.0616 e. The predicted octanol–water partition coefficient (Wildman–Crippen LogP) is 28.9. The van der Waals surface area contributed by atoms with Crippen molar-refractivity contribution < 1.29 is 0 Å². The second kappa shape index (κ2) is 23.6. The summed E-state index contributed by atoms with van der Waals surface area (Å²) in [4.78, 5) is 0. The lowest BCUT2D eigenvalue weighted by atomic mass is 9.81. The summed E-state index contributed by atoms with van der Waals surface area (Å²) in [6.07, 6.45) is 0. The van der Waals surface area contributed by atoms with Gasteiger partial charge in [0.25, 0.3) is 0 Å². The van der Waals surface area contributed by atoms with Crippen LogP contribution in [0.5, 0.6) is 0 Å². The van der Waals surface area contributed by atoms with Crippen LogP contribution in [0, 0.1) is 0 Å². The van der Waals surface area contributed by atoms with Gasteiger partial charge in [-0.2, -0.15) is 0 Å². The fourth-order valence-corrected chi connectivity index (χ4v) is 16.9. The molecule has 100 heavy (non-hydrogen) atoms. The molecule has 0 N–H and O–H groups in total. The molecule has 0 saturated carbocycles. The van der Waals surface area contributed by atoms with E-state index in [1.54, 1.807) is 0 Å². The van der Waals surface area contributed by atoms with E-state index in [4.69, 9.17) is 0 Å². The average Bonchev–Trinajstić information content (AvgIpc) is 1.62. The lowest BCUT2D eigenvalue weighted by Crippen LogP contribution is -2.12. The number of rotatable bonds is 0. The average molecular weight is 1290 g/mol. The van der Waals surface area contributed by atoms with E-state index in [0.717, 1.165) is 0 Å². The second-order valence-corrected chi connectivity index (χ2v) is 33.5. The molecule has 0 aromatic heterocycles. The zero-order chi connectivity index (χ0) is 69.5. The van der Waals surface area contributed by atoms with Gasteiger partial charge in [-0.15, -0.1) is 0 Å². The zero-order valence-corrected chi connectivity index (χ0v) is 61.0. The minimum atomic E-state index is 0.161. The van der Waals surface area contributed by atoms with Crippen LogP contribution in [0.15, 0.2) is 273 Å². The molecule has 0 nitrogen and oxygen atoms in total. The van der Waals surface area contributed by atoms with Crippen LogP contribution in [0.3, 0.4) is 0 Å². The maximum Gasteiger partial charge on any atom is -0.00234 e. The Morgan fingerprint density at radius 1 is 0.160 bits per heavy atom. The monoisotopic (exact) mass is 1290 g/mol. The van der Waals surface area contributed by atoms with Crippen LogP contribution >= 0.6 is 0 Å². The molecule has 20 rings (SSSR count). The van der Waals surface area contributed by atoms with Gasteiger partial charge in [-0.25, -0.2) is 0 Å². The van der Waals surface area contributed by atoms with Crippen molar-refractivity contribution in [3.05, 3.63) is 301 Å². The van der Waals surface area contributed by atoms with Crippen LogP contribution in [-0.2, 0) is 27.1 Å². The van der Waals surface area contributed by atoms with Gasteiger partial charge in [-0.05, 0) is 232 Å². The molecule has 0 amide bonds. The Morgan fingerprint density at radius 2 is 0.490 bits per heavy atom. The predicted molar refractivity (Wildman–Crippen MR) is 435 cm³/mol. The third-order valence-electron chi connectivity index (χ3n) is 21.8. The summed E-state index contributed by atoms with van der Waals surface area (Å²) < 4.78 is 0. The van der Waals surface area contributed by atoms with Crippen molar-refractivity contribution in [3.8, 4) is 111 Å². The summed E-state index contributed by atoms with van der Waals surface area (Å²) in [6.45, 7) is 34.3. The van der Waals surface area contributed by atoms with E-state index in [2.05, 4.69) is 377 Å². The number of hydrogen-bond donors (Lipinski definition) is 0. The van der Waals surface area contributed by atoms with Gasteiger partial charge >= 0.3 is 0 Å². The van der Waals surface area contributed by atoms with Gasteiger partial charge in [0.15, 0.2) is 0 Å². The first-order chi connectivity index (χ1) is 47.8. The van der Waals surface area contributed by atoms with Crippen LogP contribution in [0.4, 0.5) is 0 Å². The van der Waals surface area contributed by atoms with Crippen molar-refractivity contribution in [2.24, 2.45) is 0 Å². The van der Waals surface area contributed by atoms with Gasteiger partial charge in [0.2, 0.25) is 0 Å². The molecule has 0 heteroatoms. The van der Waals surface area contributed by atoms with Crippen molar-refractivity contribution in [3.63, 3.8) is 0 Å². The first kappa shape index (κ1) is 64.3. The molecule has 0 fully saturated rings. The Labute approximate surface area is 593 Å². The highest BCUT2D eigenvalue weighted by molar-refractivity contribution is 6.20. The summed E-state index contributed by atoms with van der Waals surface area (Å²) in [5, 5.41) is 13.9. The van der Waals surface area contributed by atoms with Crippen molar-refractivity contribution >= 4 is 53.9 Å². The second-order valence-electron chi connectivity index (χ2n) is 33.5. The van der Waals surface area contributed by atoms with Crippen molar-refractivity contribution in [2.45, 2.75) is 131 Å². The molecule has 0 spiro atoms. The SMILES string of the molecule is CC(C)(C)c1cc2c3c(cccc3c1)-c1ccccc1-2.CC(C)(C)c1ccc2c(c1)-c1cccc3cccc-2c13.CC(C)(C)c1ccc2c3c(cccc13)-c1ccccc1-2.CC(C)(C)c1ccc2cccc3c2c1-c1ccccc1-3.CC(C)(C)c1cccc2c1-c1cccc3cccc-2c13. The molecule has 15 aromatic rings. The molecule has 0 aliphatic heterocycles. The highest BCUT2D eigenvalue weighted by atomic mass is 14.4. The third-order valence-corrected chi connectivity index (χ3v) is 21.8. The van der Waals surface area contributed by atoms with E-state index in [-0.39, 0.29) is 27.1 Å². The lowest BCUT2D eigenvalue weighted by Gasteiger charge is -2.23. The largest absolute Gasteiger partial charge is 0.0616 e. The lowest BCUT2D eigenvalue weighted by molar-refractivity contribution is 0.590. The Bertz CT molecular complexity index is 5770. The molecule has 0 radical (unpaired) electrons. The van der Waals surface area contributed by atoms with E-state index in [1.807, 2.05) is 0 Å². The van der Waals surface area contributed by atoms with Crippen molar-refractivity contribution in [1.82, 2.24) is 0 Å². The molecular weight excluding hydrogens is 1200 g/mol. The van der Waals surface area contributed by atoms with Crippen molar-refractivity contribution in [1.29, 1.82) is 0 Å². The maximum absolute atomic E-state index is 2.39. The van der Waals surface area contributed by atoms with Gasteiger partial charge in [0, 0.05) is 0 Å². The number of hydrogen-bond acceptors (Lipinski definition) is 0. The van der Waals surface area contributed by atoms with Crippen LogP contribution in [0.25, 0.3) is 165 Å². The summed E-state index contributed by atoms with van der Waals surface area (Å²) in [5.74, 6) is 0. The molecule has 15 aromatic carbocycles. The highest BCUT2D eigenvalue weighted by Gasteiger charge is 2.32. The van der Waals surface area contributed by atoms with E-state index < -0.39 is 0 Å². The summed E-state index contributed by atoms with van der Waals surface area (Å²) in [7, 11) is 0. The molecule has 0 saturated heterocycles. The van der Waals surface area contributed by atoms with E-state index in [0.29, 0.717) is 0 Å². The molecule has 5 aliphatic rings. The van der Waals surface area contributed by atoms with Crippen LogP contribution < -0.4 is 0 Å². The number of benzene rings is 15. The molecular formula is C100H90. The van der Waals surface area contributed by atoms with Gasteiger partial charge in [-0.1, -0.05) is 365 Å². The minimum absolute atomic E-state index is 0.161. The molecule has 0 atom stereocenters. The fourth-order valence-electron chi connectivity index (χ4n) is 16.9. The smallest absolute Gasteiger partial charge is 0.00234 e. The van der Waals surface area contributed by atoms with Crippen LogP contribution in [0.2, 0.25) is 0 Å².